The highest BCUT2D eigenvalue weighted by Gasteiger charge is 2.18. The van der Waals surface area contributed by atoms with E-state index in [1.165, 1.54) is 11.3 Å². The summed E-state index contributed by atoms with van der Waals surface area (Å²) < 4.78 is 1.72. The van der Waals surface area contributed by atoms with Gasteiger partial charge in [-0.2, -0.15) is 5.10 Å². The number of benzene rings is 2. The van der Waals surface area contributed by atoms with Crippen LogP contribution in [0.3, 0.4) is 0 Å². The molecular formula is C21H21ClN4O. The standard InChI is InChI=1S/C21H21ClN4O/c1-2-25-10-9-15-7-8-18(11-20(15)25)24-21(27)17-12-23-26(14-17)13-16-5-3-4-6-19(16)22/h3-8,11-12,14H,2,9-10,13H2,1H3,(H,24,27). The van der Waals surface area contributed by atoms with Gasteiger partial charge in [0.05, 0.1) is 18.3 Å². The molecule has 27 heavy (non-hydrogen) atoms. The van der Waals surface area contributed by atoms with Crippen LogP contribution in [0.25, 0.3) is 0 Å². The topological polar surface area (TPSA) is 50.2 Å². The van der Waals surface area contributed by atoms with Crippen LogP contribution in [-0.4, -0.2) is 28.8 Å². The molecule has 2 aromatic carbocycles. The van der Waals surface area contributed by atoms with E-state index in [1.807, 2.05) is 30.3 Å². The molecule has 0 saturated heterocycles. The summed E-state index contributed by atoms with van der Waals surface area (Å²) in [6, 6.07) is 13.7. The fraction of sp³-hybridized carbons (Fsp3) is 0.238. The van der Waals surface area contributed by atoms with Crippen molar-refractivity contribution in [2.75, 3.05) is 23.3 Å². The molecule has 6 heteroatoms. The van der Waals surface area contributed by atoms with Crippen LogP contribution in [-0.2, 0) is 13.0 Å². The van der Waals surface area contributed by atoms with Gasteiger partial charge in [0.25, 0.3) is 5.91 Å². The van der Waals surface area contributed by atoms with Crippen molar-refractivity contribution in [2.45, 2.75) is 19.9 Å². The van der Waals surface area contributed by atoms with E-state index in [4.69, 9.17) is 11.6 Å². The Kier molecular flexibility index (Phi) is 4.86. The van der Waals surface area contributed by atoms with E-state index < -0.39 is 0 Å². The van der Waals surface area contributed by atoms with Gasteiger partial charge in [-0.1, -0.05) is 35.9 Å². The third-order valence-electron chi connectivity index (χ3n) is 4.90. The number of halogens is 1. The molecule has 2 heterocycles. The monoisotopic (exact) mass is 380 g/mol. The lowest BCUT2D eigenvalue weighted by Crippen LogP contribution is -2.19. The molecular weight excluding hydrogens is 360 g/mol. The second-order valence-corrected chi connectivity index (χ2v) is 7.05. The summed E-state index contributed by atoms with van der Waals surface area (Å²) in [5.74, 6) is -0.165. The molecule has 3 aromatic rings. The zero-order chi connectivity index (χ0) is 18.8. The fourth-order valence-electron chi connectivity index (χ4n) is 3.42. The summed E-state index contributed by atoms with van der Waals surface area (Å²) in [5, 5.41) is 7.96. The molecule has 1 aliphatic heterocycles. The summed E-state index contributed by atoms with van der Waals surface area (Å²) in [6.07, 6.45) is 4.38. The summed E-state index contributed by atoms with van der Waals surface area (Å²) in [6.45, 7) is 4.68. The van der Waals surface area contributed by atoms with Gasteiger partial charge in [-0.15, -0.1) is 0 Å². The Balaban J connectivity index is 1.47. The fourth-order valence-corrected chi connectivity index (χ4v) is 3.62. The molecule has 1 N–H and O–H groups in total. The van der Waals surface area contributed by atoms with Crippen molar-refractivity contribution < 1.29 is 4.79 Å². The average Bonchev–Trinajstić information content (AvgIpc) is 3.30. The molecule has 1 amide bonds. The number of hydrogen-bond donors (Lipinski definition) is 1. The van der Waals surface area contributed by atoms with E-state index in [-0.39, 0.29) is 5.91 Å². The third kappa shape index (κ3) is 3.69. The zero-order valence-corrected chi connectivity index (χ0v) is 15.9. The number of aromatic nitrogens is 2. The number of carbonyl (C=O) groups is 1. The molecule has 0 aliphatic carbocycles. The van der Waals surface area contributed by atoms with E-state index in [1.54, 1.807) is 17.1 Å². The molecule has 5 nitrogen and oxygen atoms in total. The Morgan fingerprint density at radius 1 is 1.26 bits per heavy atom. The maximum atomic E-state index is 12.6. The van der Waals surface area contributed by atoms with Gasteiger partial charge in [0.2, 0.25) is 0 Å². The van der Waals surface area contributed by atoms with Gasteiger partial charge >= 0.3 is 0 Å². The predicted octanol–water partition coefficient (Wildman–Crippen LogP) is 4.22. The average molecular weight is 381 g/mol. The highest BCUT2D eigenvalue weighted by atomic mass is 35.5. The normalized spacial score (nSPS) is 12.9. The molecule has 0 atom stereocenters. The molecule has 1 aromatic heterocycles. The van der Waals surface area contributed by atoms with Crippen LogP contribution in [0.2, 0.25) is 5.02 Å². The number of rotatable bonds is 5. The van der Waals surface area contributed by atoms with Crippen molar-refractivity contribution in [1.29, 1.82) is 0 Å². The molecule has 1 aliphatic rings. The van der Waals surface area contributed by atoms with Gasteiger partial charge in [-0.3, -0.25) is 9.48 Å². The maximum absolute atomic E-state index is 12.6. The second-order valence-electron chi connectivity index (χ2n) is 6.65. The molecule has 0 saturated carbocycles. The first-order valence-corrected chi connectivity index (χ1v) is 9.47. The number of carbonyl (C=O) groups excluding carboxylic acids is 1. The van der Waals surface area contributed by atoms with Crippen LogP contribution in [0, 0.1) is 0 Å². The molecule has 0 unspecified atom stereocenters. The first kappa shape index (κ1) is 17.6. The van der Waals surface area contributed by atoms with Crippen LogP contribution in [0.15, 0.2) is 54.9 Å². The minimum Gasteiger partial charge on any atom is -0.371 e. The predicted molar refractivity (Wildman–Crippen MR) is 109 cm³/mol. The van der Waals surface area contributed by atoms with Gasteiger partial charge in [0.1, 0.15) is 0 Å². The highest BCUT2D eigenvalue weighted by Crippen LogP contribution is 2.30. The first-order valence-electron chi connectivity index (χ1n) is 9.09. The van der Waals surface area contributed by atoms with E-state index in [9.17, 15) is 4.79 Å². The molecule has 0 fully saturated rings. The minimum atomic E-state index is -0.165. The lowest BCUT2D eigenvalue weighted by atomic mass is 10.1. The third-order valence-corrected chi connectivity index (χ3v) is 5.27. The number of fused-ring (bicyclic) bond motifs is 1. The zero-order valence-electron chi connectivity index (χ0n) is 15.2. The van der Waals surface area contributed by atoms with Crippen molar-refractivity contribution in [3.05, 3.63) is 76.6 Å². The van der Waals surface area contributed by atoms with Crippen molar-refractivity contribution in [2.24, 2.45) is 0 Å². The summed E-state index contributed by atoms with van der Waals surface area (Å²) in [5.41, 5.74) is 4.84. The van der Waals surface area contributed by atoms with Crippen LogP contribution in [0.1, 0.15) is 28.4 Å². The lowest BCUT2D eigenvalue weighted by Gasteiger charge is -2.17. The first-order chi connectivity index (χ1) is 13.1. The summed E-state index contributed by atoms with van der Waals surface area (Å²) in [7, 11) is 0. The number of likely N-dealkylation sites (N-methyl/N-ethyl adjacent to an activating group) is 1. The Bertz CT molecular complexity index is 982. The molecule has 4 rings (SSSR count). The Morgan fingerprint density at radius 2 is 2.11 bits per heavy atom. The number of nitrogens with one attached hydrogen (secondary N) is 1. The number of anilines is 2. The molecule has 0 radical (unpaired) electrons. The quantitative estimate of drug-likeness (QED) is 0.721. The smallest absolute Gasteiger partial charge is 0.258 e. The van der Waals surface area contributed by atoms with Crippen molar-refractivity contribution in [3.63, 3.8) is 0 Å². The SMILES string of the molecule is CCN1CCc2ccc(NC(=O)c3cnn(Cc4ccccc4Cl)c3)cc21. The van der Waals surface area contributed by atoms with Gasteiger partial charge < -0.3 is 10.2 Å². The number of nitrogens with zero attached hydrogens (tertiary/aromatic N) is 3. The van der Waals surface area contributed by atoms with Gasteiger partial charge in [-0.25, -0.2) is 0 Å². The second kappa shape index (κ2) is 7.45. The van der Waals surface area contributed by atoms with E-state index >= 15 is 0 Å². The number of amides is 1. The molecule has 138 valence electrons. The highest BCUT2D eigenvalue weighted by molar-refractivity contribution is 6.31. The Labute approximate surface area is 163 Å². The maximum Gasteiger partial charge on any atom is 0.258 e. The largest absolute Gasteiger partial charge is 0.371 e. The summed E-state index contributed by atoms with van der Waals surface area (Å²) >= 11 is 6.20. The van der Waals surface area contributed by atoms with E-state index in [0.717, 1.165) is 30.8 Å². The van der Waals surface area contributed by atoms with Gasteiger partial charge in [-0.05, 0) is 42.7 Å². The minimum absolute atomic E-state index is 0.165. The molecule has 0 spiro atoms. The van der Waals surface area contributed by atoms with Gasteiger partial charge in [0.15, 0.2) is 0 Å². The van der Waals surface area contributed by atoms with Crippen molar-refractivity contribution >= 4 is 28.9 Å². The van der Waals surface area contributed by atoms with Crippen molar-refractivity contribution in [3.8, 4) is 0 Å². The van der Waals surface area contributed by atoms with Crippen molar-refractivity contribution in [1.82, 2.24) is 9.78 Å². The van der Waals surface area contributed by atoms with E-state index in [2.05, 4.69) is 34.4 Å². The lowest BCUT2D eigenvalue weighted by molar-refractivity contribution is 0.102. The number of hydrogen-bond acceptors (Lipinski definition) is 3. The van der Waals surface area contributed by atoms with E-state index in [0.29, 0.717) is 17.1 Å². The van der Waals surface area contributed by atoms with Crippen LogP contribution in [0.4, 0.5) is 11.4 Å². The van der Waals surface area contributed by atoms with Crippen LogP contribution >= 0.6 is 11.6 Å². The molecule has 0 bridgehead atoms. The summed E-state index contributed by atoms with van der Waals surface area (Å²) in [4.78, 5) is 14.9. The van der Waals surface area contributed by atoms with Gasteiger partial charge in [0, 0.05) is 35.7 Å². The van der Waals surface area contributed by atoms with Crippen LogP contribution in [0.5, 0.6) is 0 Å². The Morgan fingerprint density at radius 3 is 2.93 bits per heavy atom. The Hall–Kier alpha value is -2.79. The van der Waals surface area contributed by atoms with Crippen LogP contribution < -0.4 is 10.2 Å².